The Labute approximate surface area is 212 Å². The average Bonchev–Trinajstić information content (AvgIpc) is 3.26. The summed E-state index contributed by atoms with van der Waals surface area (Å²) in [6.07, 6.45) is 8.94. The van der Waals surface area contributed by atoms with E-state index in [1.54, 1.807) is 24.1 Å². The number of pyridine rings is 1. The van der Waals surface area contributed by atoms with Crippen molar-refractivity contribution < 1.29 is 19.1 Å². The van der Waals surface area contributed by atoms with Crippen LogP contribution in [-0.4, -0.2) is 61.9 Å². The van der Waals surface area contributed by atoms with E-state index in [0.717, 1.165) is 16.9 Å². The fraction of sp³-hybridized carbons (Fsp3) is 0.462. The van der Waals surface area contributed by atoms with Gasteiger partial charge in [0.05, 0.1) is 12.1 Å². The minimum atomic E-state index is -1.18. The van der Waals surface area contributed by atoms with Crippen LogP contribution in [0.15, 0.2) is 40.7 Å². The van der Waals surface area contributed by atoms with Gasteiger partial charge < -0.3 is 19.5 Å². The molecule has 190 valence electrons. The van der Waals surface area contributed by atoms with Crippen molar-refractivity contribution in [3.05, 3.63) is 56.7 Å². The molecule has 2 aromatic rings. The number of hydrogen-bond acceptors (Lipinski definition) is 6. The van der Waals surface area contributed by atoms with Gasteiger partial charge in [-0.15, -0.1) is 11.3 Å². The van der Waals surface area contributed by atoms with Crippen molar-refractivity contribution in [3.63, 3.8) is 0 Å². The second kappa shape index (κ2) is 8.99. The lowest BCUT2D eigenvalue weighted by Gasteiger charge is -2.47. The van der Waals surface area contributed by atoms with E-state index in [9.17, 15) is 23.9 Å². The topological polar surface area (TPSA) is 95.7 Å². The zero-order valence-corrected chi connectivity index (χ0v) is 21.4. The second-order valence-corrected chi connectivity index (χ2v) is 11.2. The van der Waals surface area contributed by atoms with Crippen LogP contribution in [0.5, 0.6) is 5.75 Å². The van der Waals surface area contributed by atoms with Crippen LogP contribution in [0.2, 0.25) is 0 Å². The second-order valence-electron chi connectivity index (χ2n) is 10.1. The van der Waals surface area contributed by atoms with Gasteiger partial charge in [0.25, 0.3) is 5.91 Å². The van der Waals surface area contributed by atoms with Gasteiger partial charge >= 0.3 is 0 Å². The van der Waals surface area contributed by atoms with Gasteiger partial charge in [-0.3, -0.25) is 14.4 Å². The number of amides is 2. The maximum Gasteiger partial charge on any atom is 0.274 e. The molecule has 2 amide bonds. The number of fused-ring (bicyclic) bond motifs is 1. The molecule has 0 radical (unpaired) electrons. The highest BCUT2D eigenvalue weighted by molar-refractivity contribution is 7.15. The highest BCUT2D eigenvalue weighted by atomic mass is 32.1. The number of thiazole rings is 1. The normalized spacial score (nSPS) is 21.8. The van der Waals surface area contributed by atoms with Crippen LogP contribution in [0, 0.1) is 0 Å². The number of halogens is 1. The molecule has 0 aromatic carbocycles. The minimum absolute atomic E-state index is 0.134. The molecule has 1 N–H and O–H groups in total. The molecule has 8 nitrogen and oxygen atoms in total. The van der Waals surface area contributed by atoms with Crippen LogP contribution in [0.3, 0.4) is 0 Å². The molecule has 1 atom stereocenters. The lowest BCUT2D eigenvalue weighted by atomic mass is 9.91. The monoisotopic (exact) mass is 512 g/mol. The fourth-order valence-corrected chi connectivity index (χ4v) is 5.92. The first-order chi connectivity index (χ1) is 17.1. The van der Waals surface area contributed by atoms with Gasteiger partial charge in [0.2, 0.25) is 11.3 Å². The SMILES string of the molecule is CC(C)N1C[C@@](C)(C(=O)N2CCC2)n2cc(-c3ncc(CC4=CC=C(F)CC4)s3)c(=O)c(O)c2C1=O. The van der Waals surface area contributed by atoms with Crippen molar-refractivity contribution >= 4 is 23.2 Å². The van der Waals surface area contributed by atoms with Crippen LogP contribution in [0.25, 0.3) is 10.6 Å². The van der Waals surface area contributed by atoms with Crippen molar-refractivity contribution in [2.24, 2.45) is 0 Å². The van der Waals surface area contributed by atoms with Crippen molar-refractivity contribution in [2.45, 2.75) is 58.0 Å². The third-order valence-electron chi connectivity index (χ3n) is 7.25. The third-order valence-corrected chi connectivity index (χ3v) is 8.28. The first-order valence-electron chi connectivity index (χ1n) is 12.2. The predicted molar refractivity (Wildman–Crippen MR) is 135 cm³/mol. The zero-order valence-electron chi connectivity index (χ0n) is 20.6. The van der Waals surface area contributed by atoms with E-state index in [1.807, 2.05) is 13.8 Å². The summed E-state index contributed by atoms with van der Waals surface area (Å²) in [7, 11) is 0. The molecule has 4 heterocycles. The standard InChI is InChI=1S/C26H29FN4O4S/c1-15(2)30-14-26(3,25(35)29-9-4-10-29)31-13-19(21(32)22(33)20(31)24(30)34)23-28-12-18(36-23)11-16-5-7-17(27)8-6-16/h5,7,12-13,15,33H,4,6,8-11,14H2,1-3H3/t26-/m0/s1. The van der Waals surface area contributed by atoms with E-state index in [2.05, 4.69) is 4.98 Å². The first-order valence-corrected chi connectivity index (χ1v) is 13.0. The maximum atomic E-state index is 13.6. The third kappa shape index (κ3) is 3.97. The average molecular weight is 513 g/mol. The van der Waals surface area contributed by atoms with Crippen LogP contribution in [-0.2, 0) is 16.8 Å². The van der Waals surface area contributed by atoms with E-state index in [4.69, 9.17) is 0 Å². The highest BCUT2D eigenvalue weighted by Gasteiger charge is 2.49. The summed E-state index contributed by atoms with van der Waals surface area (Å²) in [6, 6.07) is -0.220. The highest BCUT2D eigenvalue weighted by Crippen LogP contribution is 2.36. The van der Waals surface area contributed by atoms with E-state index in [0.29, 0.717) is 37.4 Å². The first kappa shape index (κ1) is 24.4. The van der Waals surface area contributed by atoms with Crippen molar-refractivity contribution in [2.75, 3.05) is 19.6 Å². The van der Waals surface area contributed by atoms with Gasteiger partial charge in [-0.05, 0) is 39.7 Å². The molecular weight excluding hydrogens is 483 g/mol. The maximum absolute atomic E-state index is 13.6. The van der Waals surface area contributed by atoms with Gasteiger partial charge in [0, 0.05) is 49.2 Å². The molecule has 0 unspecified atom stereocenters. The van der Waals surface area contributed by atoms with E-state index in [-0.39, 0.29) is 35.6 Å². The smallest absolute Gasteiger partial charge is 0.274 e. The van der Waals surface area contributed by atoms with Gasteiger partial charge in [-0.25, -0.2) is 9.37 Å². The van der Waals surface area contributed by atoms with Gasteiger partial charge in [0.1, 0.15) is 16.4 Å². The summed E-state index contributed by atoms with van der Waals surface area (Å²) < 4.78 is 14.8. The molecule has 5 rings (SSSR count). The number of nitrogens with zero attached hydrogens (tertiary/aromatic N) is 4. The molecule has 0 saturated carbocycles. The summed E-state index contributed by atoms with van der Waals surface area (Å²) in [6.45, 7) is 6.85. The molecule has 1 aliphatic carbocycles. The zero-order chi connectivity index (χ0) is 25.8. The Morgan fingerprint density at radius 3 is 2.61 bits per heavy atom. The largest absolute Gasteiger partial charge is 0.503 e. The number of aromatic nitrogens is 2. The van der Waals surface area contributed by atoms with E-state index >= 15 is 0 Å². The molecular formula is C26H29FN4O4S. The Kier molecular flexibility index (Phi) is 6.10. The number of aromatic hydroxyl groups is 1. The lowest BCUT2D eigenvalue weighted by Crippen LogP contribution is -2.63. The Hall–Kier alpha value is -3.27. The number of hydrogen-bond donors (Lipinski definition) is 1. The van der Waals surface area contributed by atoms with Crippen LogP contribution >= 0.6 is 11.3 Å². The molecule has 2 aromatic heterocycles. The molecule has 0 spiro atoms. The molecule has 10 heteroatoms. The molecule has 0 bridgehead atoms. The Bertz CT molecular complexity index is 1370. The number of likely N-dealkylation sites (tertiary alicyclic amines) is 1. The molecule has 2 aliphatic heterocycles. The van der Waals surface area contributed by atoms with Gasteiger partial charge in [0.15, 0.2) is 11.4 Å². The summed E-state index contributed by atoms with van der Waals surface area (Å²) in [4.78, 5) is 48.8. The van der Waals surface area contributed by atoms with Crippen molar-refractivity contribution in [1.82, 2.24) is 19.4 Å². The number of carbonyl (C=O) groups is 2. The summed E-state index contributed by atoms with van der Waals surface area (Å²) in [5.41, 5.74) is -0.829. The summed E-state index contributed by atoms with van der Waals surface area (Å²) in [5, 5.41) is 11.4. The van der Waals surface area contributed by atoms with E-state index in [1.165, 1.54) is 33.1 Å². The van der Waals surface area contributed by atoms with Crippen LogP contribution < -0.4 is 5.43 Å². The Balaban J connectivity index is 1.59. The van der Waals surface area contributed by atoms with E-state index < -0.39 is 22.6 Å². The number of carbonyl (C=O) groups excluding carboxylic acids is 2. The molecule has 1 saturated heterocycles. The molecule has 36 heavy (non-hydrogen) atoms. The number of rotatable bonds is 5. The van der Waals surface area contributed by atoms with Crippen LogP contribution in [0.4, 0.5) is 4.39 Å². The van der Waals surface area contributed by atoms with Crippen LogP contribution in [0.1, 0.15) is 55.4 Å². The Morgan fingerprint density at radius 1 is 1.25 bits per heavy atom. The predicted octanol–water partition coefficient (Wildman–Crippen LogP) is 3.61. The van der Waals surface area contributed by atoms with Crippen molar-refractivity contribution in [3.8, 4) is 16.3 Å². The lowest BCUT2D eigenvalue weighted by molar-refractivity contribution is -0.145. The molecule has 3 aliphatic rings. The fourth-order valence-electron chi connectivity index (χ4n) is 4.95. The summed E-state index contributed by atoms with van der Waals surface area (Å²) >= 11 is 1.31. The van der Waals surface area contributed by atoms with Crippen molar-refractivity contribution in [1.29, 1.82) is 0 Å². The quantitative estimate of drug-likeness (QED) is 0.661. The van der Waals surface area contributed by atoms with Gasteiger partial charge in [-0.2, -0.15) is 0 Å². The minimum Gasteiger partial charge on any atom is -0.503 e. The Morgan fingerprint density at radius 2 is 2.00 bits per heavy atom. The van der Waals surface area contributed by atoms with Gasteiger partial charge in [-0.1, -0.05) is 11.6 Å². The number of allylic oxidation sites excluding steroid dienone is 4. The summed E-state index contributed by atoms with van der Waals surface area (Å²) in [5.74, 6) is -1.43. The molecule has 1 fully saturated rings.